The van der Waals surface area contributed by atoms with Crippen molar-refractivity contribution in [3.63, 3.8) is 0 Å². The highest BCUT2D eigenvalue weighted by Crippen LogP contribution is 2.22. The van der Waals surface area contributed by atoms with Crippen LogP contribution >= 0.6 is 0 Å². The first-order chi connectivity index (χ1) is 9.70. The normalized spacial score (nSPS) is 22.4. The molecule has 2 aliphatic rings. The van der Waals surface area contributed by atoms with Crippen molar-refractivity contribution in [2.75, 3.05) is 52.9 Å². The van der Waals surface area contributed by atoms with Gasteiger partial charge in [0.15, 0.2) is 0 Å². The van der Waals surface area contributed by atoms with E-state index in [4.69, 9.17) is 0 Å². The van der Waals surface area contributed by atoms with Gasteiger partial charge in [-0.15, -0.1) is 0 Å². The van der Waals surface area contributed by atoms with E-state index in [-0.39, 0.29) is 12.5 Å². The molecule has 1 aliphatic heterocycles. The van der Waals surface area contributed by atoms with Crippen LogP contribution in [0.2, 0.25) is 0 Å². The lowest BCUT2D eigenvalue weighted by molar-refractivity contribution is -0.134. The van der Waals surface area contributed by atoms with Gasteiger partial charge in [-0.2, -0.15) is 0 Å². The first-order valence-electron chi connectivity index (χ1n) is 8.02. The first kappa shape index (κ1) is 15.7. The van der Waals surface area contributed by atoms with E-state index in [9.17, 15) is 9.90 Å². The number of carbonyl (C=O) groups is 1. The highest BCUT2D eigenvalue weighted by Gasteiger charge is 2.26. The molecule has 20 heavy (non-hydrogen) atoms. The van der Waals surface area contributed by atoms with Gasteiger partial charge in [-0.3, -0.25) is 9.69 Å². The molecule has 2 rings (SSSR count). The molecule has 1 aliphatic carbocycles. The Morgan fingerprint density at radius 2 is 1.80 bits per heavy atom. The van der Waals surface area contributed by atoms with Crippen molar-refractivity contribution >= 4 is 5.91 Å². The molecule has 2 fully saturated rings. The minimum atomic E-state index is 0.145. The zero-order valence-electron chi connectivity index (χ0n) is 12.8. The molecule has 0 spiro atoms. The average molecular weight is 283 g/mol. The van der Waals surface area contributed by atoms with E-state index in [1.165, 1.54) is 32.1 Å². The fraction of sp³-hybridized carbons (Fsp3) is 0.933. The molecule has 1 saturated heterocycles. The summed E-state index contributed by atoms with van der Waals surface area (Å²) in [6, 6.07) is 0.493. The van der Waals surface area contributed by atoms with Crippen LogP contribution in [-0.2, 0) is 4.79 Å². The maximum absolute atomic E-state index is 12.4. The summed E-state index contributed by atoms with van der Waals surface area (Å²) in [7, 11) is 2.10. The van der Waals surface area contributed by atoms with E-state index in [1.807, 2.05) is 4.90 Å². The van der Waals surface area contributed by atoms with Gasteiger partial charge in [-0.25, -0.2) is 0 Å². The van der Waals surface area contributed by atoms with E-state index in [0.29, 0.717) is 19.1 Å². The third-order valence-corrected chi connectivity index (χ3v) is 4.67. The summed E-state index contributed by atoms with van der Waals surface area (Å²) >= 11 is 0. The second-order valence-corrected chi connectivity index (χ2v) is 6.17. The molecular formula is C15H29N3O2. The largest absolute Gasteiger partial charge is 0.395 e. The fourth-order valence-electron chi connectivity index (χ4n) is 3.29. The van der Waals surface area contributed by atoms with Gasteiger partial charge < -0.3 is 14.9 Å². The minimum absolute atomic E-state index is 0.145. The van der Waals surface area contributed by atoms with Gasteiger partial charge in [0, 0.05) is 38.8 Å². The summed E-state index contributed by atoms with van der Waals surface area (Å²) in [6.07, 6.45) is 6.19. The van der Waals surface area contributed by atoms with Gasteiger partial charge in [0.05, 0.1) is 13.2 Å². The molecule has 1 saturated carbocycles. The molecule has 1 amide bonds. The molecule has 5 nitrogen and oxygen atoms in total. The number of carbonyl (C=O) groups excluding carboxylic acids is 1. The van der Waals surface area contributed by atoms with E-state index in [2.05, 4.69) is 16.8 Å². The monoisotopic (exact) mass is 283 g/mol. The molecule has 0 unspecified atom stereocenters. The van der Waals surface area contributed by atoms with Crippen molar-refractivity contribution in [2.45, 2.75) is 38.1 Å². The first-order valence-corrected chi connectivity index (χ1v) is 8.02. The Balaban J connectivity index is 1.84. The minimum Gasteiger partial charge on any atom is -0.395 e. The number of hydrogen-bond acceptors (Lipinski definition) is 4. The van der Waals surface area contributed by atoms with Crippen LogP contribution in [0.5, 0.6) is 0 Å². The Kier molecular flexibility index (Phi) is 6.26. The molecule has 0 aromatic heterocycles. The average Bonchev–Trinajstić information content (AvgIpc) is 2.48. The lowest BCUT2D eigenvalue weighted by Crippen LogP contribution is -2.52. The number of piperazine rings is 1. The quantitative estimate of drug-likeness (QED) is 0.793. The summed E-state index contributed by atoms with van der Waals surface area (Å²) in [5, 5.41) is 9.25. The Morgan fingerprint density at radius 3 is 2.40 bits per heavy atom. The second-order valence-electron chi connectivity index (χ2n) is 6.17. The van der Waals surface area contributed by atoms with Crippen LogP contribution in [-0.4, -0.2) is 84.7 Å². The zero-order chi connectivity index (χ0) is 14.4. The standard InChI is InChI=1S/C15H29N3O2/c1-16-7-9-17(10-8-16)15(20)13-18(11-12-19)14-5-3-2-4-6-14/h14,19H,2-13H2,1H3. The second kappa shape index (κ2) is 7.96. The van der Waals surface area contributed by atoms with E-state index in [0.717, 1.165) is 26.2 Å². The predicted molar refractivity (Wildman–Crippen MR) is 79.6 cm³/mol. The van der Waals surface area contributed by atoms with Gasteiger partial charge in [-0.05, 0) is 19.9 Å². The summed E-state index contributed by atoms with van der Waals surface area (Å²) < 4.78 is 0. The van der Waals surface area contributed by atoms with Crippen LogP contribution in [0.15, 0.2) is 0 Å². The Labute approximate surface area is 122 Å². The highest BCUT2D eigenvalue weighted by molar-refractivity contribution is 5.78. The van der Waals surface area contributed by atoms with Crippen molar-refractivity contribution in [1.29, 1.82) is 0 Å². The van der Waals surface area contributed by atoms with E-state index in [1.54, 1.807) is 0 Å². The maximum Gasteiger partial charge on any atom is 0.236 e. The number of hydrogen-bond donors (Lipinski definition) is 1. The Morgan fingerprint density at radius 1 is 1.15 bits per heavy atom. The van der Waals surface area contributed by atoms with Crippen LogP contribution < -0.4 is 0 Å². The number of rotatable bonds is 5. The van der Waals surface area contributed by atoms with Gasteiger partial charge in [-0.1, -0.05) is 19.3 Å². The molecular weight excluding hydrogens is 254 g/mol. The predicted octanol–water partition coefficient (Wildman–Crippen LogP) is 0.387. The van der Waals surface area contributed by atoms with Gasteiger partial charge in [0.1, 0.15) is 0 Å². The smallest absolute Gasteiger partial charge is 0.236 e. The Hall–Kier alpha value is -0.650. The number of aliphatic hydroxyl groups is 1. The molecule has 5 heteroatoms. The maximum atomic E-state index is 12.4. The lowest BCUT2D eigenvalue weighted by atomic mass is 9.94. The highest BCUT2D eigenvalue weighted by atomic mass is 16.3. The molecule has 0 aromatic carbocycles. The van der Waals surface area contributed by atoms with Crippen LogP contribution in [0.4, 0.5) is 0 Å². The number of amides is 1. The van der Waals surface area contributed by atoms with Crippen molar-refractivity contribution in [2.24, 2.45) is 0 Å². The molecule has 0 atom stereocenters. The molecule has 1 heterocycles. The third-order valence-electron chi connectivity index (χ3n) is 4.67. The van der Waals surface area contributed by atoms with Gasteiger partial charge in [0.25, 0.3) is 0 Å². The van der Waals surface area contributed by atoms with Crippen LogP contribution in [0, 0.1) is 0 Å². The van der Waals surface area contributed by atoms with E-state index < -0.39 is 0 Å². The lowest BCUT2D eigenvalue weighted by Gasteiger charge is -2.37. The van der Waals surface area contributed by atoms with Crippen LogP contribution in [0.1, 0.15) is 32.1 Å². The topological polar surface area (TPSA) is 47.0 Å². The SMILES string of the molecule is CN1CCN(C(=O)CN(CCO)C2CCCCC2)CC1. The summed E-state index contributed by atoms with van der Waals surface area (Å²) in [5.74, 6) is 0.233. The fourth-order valence-corrected chi connectivity index (χ4v) is 3.29. The molecule has 0 radical (unpaired) electrons. The van der Waals surface area contributed by atoms with Gasteiger partial charge in [0.2, 0.25) is 5.91 Å². The van der Waals surface area contributed by atoms with Gasteiger partial charge >= 0.3 is 0 Å². The summed E-state index contributed by atoms with van der Waals surface area (Å²) in [5.41, 5.74) is 0. The van der Waals surface area contributed by atoms with Crippen molar-refractivity contribution < 1.29 is 9.90 Å². The molecule has 0 bridgehead atoms. The zero-order valence-corrected chi connectivity index (χ0v) is 12.8. The Bertz CT molecular complexity index is 297. The van der Waals surface area contributed by atoms with E-state index >= 15 is 0 Å². The van der Waals surface area contributed by atoms with Crippen molar-refractivity contribution in [3.8, 4) is 0 Å². The number of aliphatic hydroxyl groups excluding tert-OH is 1. The van der Waals surface area contributed by atoms with Crippen molar-refractivity contribution in [1.82, 2.24) is 14.7 Å². The molecule has 0 aromatic rings. The molecule has 116 valence electrons. The summed E-state index contributed by atoms with van der Waals surface area (Å²) in [6.45, 7) is 4.87. The molecule has 1 N–H and O–H groups in total. The third kappa shape index (κ3) is 4.43. The van der Waals surface area contributed by atoms with Crippen LogP contribution in [0.25, 0.3) is 0 Å². The summed E-state index contributed by atoms with van der Waals surface area (Å²) in [4.78, 5) is 18.9. The van der Waals surface area contributed by atoms with Crippen molar-refractivity contribution in [3.05, 3.63) is 0 Å². The number of nitrogens with zero attached hydrogens (tertiary/aromatic N) is 3. The van der Waals surface area contributed by atoms with Crippen LogP contribution in [0.3, 0.4) is 0 Å². The number of likely N-dealkylation sites (N-methyl/N-ethyl adjacent to an activating group) is 1.